The first kappa shape index (κ1) is 22.6. The Hall–Kier alpha value is -2.12. The molecule has 162 valence electrons. The van der Waals surface area contributed by atoms with Crippen molar-refractivity contribution in [3.63, 3.8) is 0 Å². The van der Waals surface area contributed by atoms with Crippen LogP contribution in [0.15, 0.2) is 46.5 Å². The molecule has 0 bridgehead atoms. The SMILES string of the molecule is COC(=O)N[C@H](C(=O)N1CCCC[C@@H]1C1=CC=C(c2ccc(Br)cc2)C1)[C@@H](C)OC. The van der Waals surface area contributed by atoms with Crippen molar-refractivity contribution in [3.8, 4) is 0 Å². The van der Waals surface area contributed by atoms with E-state index in [1.165, 1.54) is 30.9 Å². The molecule has 2 amide bonds. The average Bonchev–Trinajstić information content (AvgIpc) is 3.27. The van der Waals surface area contributed by atoms with Crippen LogP contribution in [0.2, 0.25) is 0 Å². The summed E-state index contributed by atoms with van der Waals surface area (Å²) in [6.07, 6.45) is 6.98. The van der Waals surface area contributed by atoms with Gasteiger partial charge in [0.05, 0.1) is 19.3 Å². The molecule has 3 rings (SSSR count). The van der Waals surface area contributed by atoms with Crippen molar-refractivity contribution in [1.82, 2.24) is 10.2 Å². The molecule has 30 heavy (non-hydrogen) atoms. The van der Waals surface area contributed by atoms with Crippen molar-refractivity contribution in [3.05, 3.63) is 52.0 Å². The van der Waals surface area contributed by atoms with Gasteiger partial charge in [0, 0.05) is 18.1 Å². The lowest BCUT2D eigenvalue weighted by molar-refractivity contribution is -0.139. The number of hydrogen-bond acceptors (Lipinski definition) is 4. The quantitative estimate of drug-likeness (QED) is 0.664. The number of allylic oxidation sites excluding steroid dienone is 3. The van der Waals surface area contributed by atoms with Crippen LogP contribution in [-0.2, 0) is 14.3 Å². The number of likely N-dealkylation sites (tertiary alicyclic amines) is 1. The van der Waals surface area contributed by atoms with Gasteiger partial charge in [0.2, 0.25) is 5.91 Å². The Morgan fingerprint density at radius 2 is 1.90 bits per heavy atom. The van der Waals surface area contributed by atoms with Crippen LogP contribution in [-0.4, -0.2) is 55.9 Å². The molecule has 6 nitrogen and oxygen atoms in total. The predicted octanol–water partition coefficient (Wildman–Crippen LogP) is 4.30. The smallest absolute Gasteiger partial charge is 0.407 e. The van der Waals surface area contributed by atoms with Crippen LogP contribution < -0.4 is 5.32 Å². The number of amides is 2. The molecule has 3 atom stereocenters. The maximum absolute atomic E-state index is 13.4. The number of alkyl carbamates (subject to hydrolysis) is 1. The van der Waals surface area contributed by atoms with Gasteiger partial charge in [0.15, 0.2) is 0 Å². The second kappa shape index (κ2) is 10.3. The molecular formula is C23H29BrN2O4. The zero-order chi connectivity index (χ0) is 21.7. The second-order valence-electron chi connectivity index (χ2n) is 7.71. The van der Waals surface area contributed by atoms with E-state index in [2.05, 4.69) is 45.5 Å². The summed E-state index contributed by atoms with van der Waals surface area (Å²) >= 11 is 3.48. The lowest BCUT2D eigenvalue weighted by Crippen LogP contribution is -2.57. The Morgan fingerprint density at radius 3 is 2.57 bits per heavy atom. The summed E-state index contributed by atoms with van der Waals surface area (Å²) in [6.45, 7) is 2.45. The molecule has 1 heterocycles. The molecule has 1 aromatic rings. The van der Waals surface area contributed by atoms with E-state index in [0.717, 1.165) is 30.2 Å². The van der Waals surface area contributed by atoms with Crippen molar-refractivity contribution in [1.29, 1.82) is 0 Å². The van der Waals surface area contributed by atoms with Crippen molar-refractivity contribution in [2.45, 2.75) is 50.8 Å². The third kappa shape index (κ3) is 5.13. The van der Waals surface area contributed by atoms with Gasteiger partial charge in [-0.15, -0.1) is 0 Å². The molecule has 0 spiro atoms. The predicted molar refractivity (Wildman–Crippen MR) is 120 cm³/mol. The number of carbonyl (C=O) groups excluding carboxylic acids is 2. The molecule has 0 saturated carbocycles. The van der Waals surface area contributed by atoms with Crippen LogP contribution in [0, 0.1) is 0 Å². The highest BCUT2D eigenvalue weighted by atomic mass is 79.9. The molecule has 1 saturated heterocycles. The van der Waals surface area contributed by atoms with Gasteiger partial charge in [0.1, 0.15) is 6.04 Å². The number of rotatable bonds is 6. The van der Waals surface area contributed by atoms with E-state index in [4.69, 9.17) is 9.47 Å². The summed E-state index contributed by atoms with van der Waals surface area (Å²) in [7, 11) is 2.82. The highest BCUT2D eigenvalue weighted by Gasteiger charge is 2.37. The lowest BCUT2D eigenvalue weighted by Gasteiger charge is -2.39. The molecule has 0 aromatic heterocycles. The van der Waals surface area contributed by atoms with Gasteiger partial charge >= 0.3 is 6.09 Å². The Labute approximate surface area is 186 Å². The third-order valence-electron chi connectivity index (χ3n) is 5.89. The van der Waals surface area contributed by atoms with Crippen LogP contribution in [0.25, 0.3) is 5.57 Å². The summed E-state index contributed by atoms with van der Waals surface area (Å²) in [5.74, 6) is -0.127. The van der Waals surface area contributed by atoms with Gasteiger partial charge in [-0.05, 0) is 61.4 Å². The van der Waals surface area contributed by atoms with E-state index in [1.54, 1.807) is 6.92 Å². The van der Waals surface area contributed by atoms with Crippen LogP contribution in [0.4, 0.5) is 4.79 Å². The van der Waals surface area contributed by atoms with E-state index >= 15 is 0 Å². The first-order valence-corrected chi connectivity index (χ1v) is 11.1. The normalized spacial score (nSPS) is 20.8. The average molecular weight is 477 g/mol. The molecule has 0 radical (unpaired) electrons. The highest BCUT2D eigenvalue weighted by Crippen LogP contribution is 2.35. The van der Waals surface area contributed by atoms with Gasteiger partial charge in [0.25, 0.3) is 0 Å². The van der Waals surface area contributed by atoms with Gasteiger partial charge < -0.3 is 19.7 Å². The van der Waals surface area contributed by atoms with Crippen LogP contribution in [0.5, 0.6) is 0 Å². The molecule has 1 aromatic carbocycles. The molecule has 1 fully saturated rings. The minimum absolute atomic E-state index is 0.0291. The second-order valence-corrected chi connectivity index (χ2v) is 8.63. The Bertz CT molecular complexity index is 834. The molecule has 0 unspecified atom stereocenters. The van der Waals surface area contributed by atoms with Crippen LogP contribution in [0.3, 0.4) is 0 Å². The summed E-state index contributed by atoms with van der Waals surface area (Å²) in [6, 6.07) is 7.53. The number of halogens is 1. The van der Waals surface area contributed by atoms with Gasteiger partial charge in [-0.2, -0.15) is 0 Å². The fourth-order valence-electron chi connectivity index (χ4n) is 4.10. The molecular weight excluding hydrogens is 448 g/mol. The molecule has 1 aliphatic heterocycles. The molecule has 1 aliphatic carbocycles. The fraction of sp³-hybridized carbons (Fsp3) is 0.478. The number of nitrogens with zero attached hydrogens (tertiary/aromatic N) is 1. The van der Waals surface area contributed by atoms with Gasteiger partial charge in [-0.3, -0.25) is 4.79 Å². The van der Waals surface area contributed by atoms with Crippen molar-refractivity contribution in [2.75, 3.05) is 20.8 Å². The van der Waals surface area contributed by atoms with E-state index in [-0.39, 0.29) is 11.9 Å². The number of ether oxygens (including phenoxy) is 2. The minimum atomic E-state index is -0.788. The molecule has 1 N–H and O–H groups in total. The number of nitrogens with one attached hydrogen (secondary N) is 1. The monoisotopic (exact) mass is 476 g/mol. The minimum Gasteiger partial charge on any atom is -0.453 e. The van der Waals surface area contributed by atoms with Crippen molar-refractivity contribution >= 4 is 33.5 Å². The van der Waals surface area contributed by atoms with E-state index < -0.39 is 18.2 Å². The molecule has 7 heteroatoms. The summed E-state index contributed by atoms with van der Waals surface area (Å²) in [5.41, 5.74) is 3.68. The van der Waals surface area contributed by atoms with E-state index in [1.807, 2.05) is 17.0 Å². The maximum atomic E-state index is 13.4. The van der Waals surface area contributed by atoms with Crippen molar-refractivity contribution < 1.29 is 19.1 Å². The topological polar surface area (TPSA) is 67.9 Å². The summed E-state index contributed by atoms with van der Waals surface area (Å²) < 4.78 is 11.1. The number of carbonyl (C=O) groups is 2. The highest BCUT2D eigenvalue weighted by molar-refractivity contribution is 9.10. The summed E-state index contributed by atoms with van der Waals surface area (Å²) in [4.78, 5) is 27.1. The van der Waals surface area contributed by atoms with Gasteiger partial charge in [-0.1, -0.05) is 40.2 Å². The Morgan fingerprint density at radius 1 is 1.17 bits per heavy atom. The first-order valence-electron chi connectivity index (χ1n) is 10.3. The first-order chi connectivity index (χ1) is 14.4. The number of benzene rings is 1. The fourth-order valence-corrected chi connectivity index (χ4v) is 4.36. The Balaban J connectivity index is 1.75. The zero-order valence-corrected chi connectivity index (χ0v) is 19.3. The van der Waals surface area contributed by atoms with Crippen LogP contribution >= 0.6 is 15.9 Å². The lowest BCUT2D eigenvalue weighted by atomic mass is 9.91. The molecule has 2 aliphatic rings. The van der Waals surface area contributed by atoms with E-state index in [9.17, 15) is 9.59 Å². The van der Waals surface area contributed by atoms with E-state index in [0.29, 0.717) is 6.54 Å². The number of hydrogen-bond donors (Lipinski definition) is 1. The third-order valence-corrected chi connectivity index (χ3v) is 6.42. The van der Waals surface area contributed by atoms with Gasteiger partial charge in [-0.25, -0.2) is 4.79 Å². The zero-order valence-electron chi connectivity index (χ0n) is 17.7. The van der Waals surface area contributed by atoms with Crippen LogP contribution in [0.1, 0.15) is 38.2 Å². The summed E-state index contributed by atoms with van der Waals surface area (Å²) in [5, 5.41) is 2.65. The number of piperidine rings is 1. The Kier molecular flexibility index (Phi) is 7.72. The number of methoxy groups -OCH3 is 2. The maximum Gasteiger partial charge on any atom is 0.407 e. The van der Waals surface area contributed by atoms with Crippen molar-refractivity contribution in [2.24, 2.45) is 0 Å². The standard InChI is InChI=1S/C23H29BrN2O4/c1-15(29-2)21(25-23(28)30-3)22(27)26-13-5-4-6-20(26)18-8-7-17(14-18)16-9-11-19(24)12-10-16/h7-12,15,20-21H,4-6,13-14H2,1-3H3,(H,25,28)/t15-,20-,21+/m1/s1. The largest absolute Gasteiger partial charge is 0.453 e.